The molecule has 0 saturated carbocycles. The van der Waals surface area contributed by atoms with Crippen molar-refractivity contribution in [2.24, 2.45) is 0 Å². The summed E-state index contributed by atoms with van der Waals surface area (Å²) in [7, 11) is 3.98. The van der Waals surface area contributed by atoms with Gasteiger partial charge in [0.1, 0.15) is 0 Å². The third-order valence-electron chi connectivity index (χ3n) is 2.90. The largest absolute Gasteiger partial charge is 0.395 e. The molecule has 0 aliphatic heterocycles. The van der Waals surface area contributed by atoms with E-state index >= 15 is 0 Å². The molecular formula is C13H21ClN2O. The lowest BCUT2D eigenvalue weighted by atomic mass is 10.0. The van der Waals surface area contributed by atoms with Crippen molar-refractivity contribution in [2.45, 2.75) is 12.5 Å². The van der Waals surface area contributed by atoms with Crippen molar-refractivity contribution >= 4 is 11.6 Å². The Bertz CT molecular complexity index is 316. The Morgan fingerprint density at radius 3 is 2.47 bits per heavy atom. The fraction of sp³-hybridized carbons (Fsp3) is 0.538. The van der Waals surface area contributed by atoms with Gasteiger partial charge in [0.05, 0.1) is 6.61 Å². The van der Waals surface area contributed by atoms with Gasteiger partial charge in [0.15, 0.2) is 0 Å². The Hall–Kier alpha value is -0.610. The summed E-state index contributed by atoms with van der Waals surface area (Å²) < 4.78 is 0. The minimum absolute atomic E-state index is 0.210. The first-order valence-electron chi connectivity index (χ1n) is 5.89. The smallest absolute Gasteiger partial charge is 0.0558 e. The Labute approximate surface area is 108 Å². The summed E-state index contributed by atoms with van der Waals surface area (Å²) in [6, 6.07) is 8.26. The van der Waals surface area contributed by atoms with Crippen LogP contribution in [0.25, 0.3) is 0 Å². The first-order valence-corrected chi connectivity index (χ1v) is 6.27. The van der Waals surface area contributed by atoms with Crippen molar-refractivity contribution in [2.75, 3.05) is 33.8 Å². The lowest BCUT2D eigenvalue weighted by molar-refractivity contribution is 0.216. The van der Waals surface area contributed by atoms with Crippen molar-refractivity contribution in [3.8, 4) is 0 Å². The molecule has 0 aliphatic rings. The Morgan fingerprint density at radius 1 is 1.29 bits per heavy atom. The predicted octanol–water partition coefficient (Wildman–Crippen LogP) is 1.91. The van der Waals surface area contributed by atoms with E-state index < -0.39 is 0 Å². The quantitative estimate of drug-likeness (QED) is 0.783. The van der Waals surface area contributed by atoms with Crippen LogP contribution in [0.2, 0.25) is 5.02 Å². The van der Waals surface area contributed by atoms with E-state index in [0.717, 1.165) is 24.5 Å². The van der Waals surface area contributed by atoms with Crippen LogP contribution in [0.3, 0.4) is 0 Å². The average Bonchev–Trinajstić information content (AvgIpc) is 2.32. The molecule has 1 unspecified atom stereocenters. The van der Waals surface area contributed by atoms with E-state index in [1.807, 2.05) is 26.2 Å². The third kappa shape index (κ3) is 5.04. The van der Waals surface area contributed by atoms with Crippen molar-refractivity contribution in [3.05, 3.63) is 34.9 Å². The van der Waals surface area contributed by atoms with Crippen LogP contribution in [0.4, 0.5) is 0 Å². The fourth-order valence-corrected chi connectivity index (χ4v) is 1.93. The fourth-order valence-electron chi connectivity index (χ4n) is 1.80. The highest BCUT2D eigenvalue weighted by Gasteiger charge is 2.09. The van der Waals surface area contributed by atoms with E-state index in [2.05, 4.69) is 22.3 Å². The molecule has 17 heavy (non-hydrogen) atoms. The van der Waals surface area contributed by atoms with Gasteiger partial charge in [-0.3, -0.25) is 0 Å². The van der Waals surface area contributed by atoms with Gasteiger partial charge in [-0.25, -0.2) is 0 Å². The molecule has 4 heteroatoms. The second-order valence-electron chi connectivity index (χ2n) is 4.21. The summed E-state index contributed by atoms with van der Waals surface area (Å²) in [5, 5.41) is 12.9. The predicted molar refractivity (Wildman–Crippen MR) is 72.5 cm³/mol. The number of nitrogens with one attached hydrogen (secondary N) is 1. The number of hydrogen-bond donors (Lipinski definition) is 2. The van der Waals surface area contributed by atoms with Gasteiger partial charge in [-0.05, 0) is 44.8 Å². The van der Waals surface area contributed by atoms with Crippen molar-refractivity contribution in [1.82, 2.24) is 10.2 Å². The molecule has 0 saturated heterocycles. The third-order valence-corrected chi connectivity index (χ3v) is 3.15. The molecule has 1 rings (SSSR count). The number of likely N-dealkylation sites (N-methyl/N-ethyl adjacent to an activating group) is 1. The van der Waals surface area contributed by atoms with E-state index in [9.17, 15) is 0 Å². The molecule has 2 N–H and O–H groups in total. The highest BCUT2D eigenvalue weighted by Crippen LogP contribution is 2.19. The highest BCUT2D eigenvalue weighted by atomic mass is 35.5. The molecule has 0 bridgehead atoms. The van der Waals surface area contributed by atoms with E-state index in [4.69, 9.17) is 16.7 Å². The van der Waals surface area contributed by atoms with Gasteiger partial charge in [-0.2, -0.15) is 0 Å². The van der Waals surface area contributed by atoms with Crippen LogP contribution in [0.1, 0.15) is 18.0 Å². The minimum Gasteiger partial charge on any atom is -0.395 e. The number of rotatable bonds is 7. The maximum Gasteiger partial charge on any atom is 0.0558 e. The first kappa shape index (κ1) is 14.5. The molecule has 96 valence electrons. The standard InChI is InChI=1S/C13H21ClN2O/c1-15-13(7-8-16(2)9-10-17)11-3-5-12(14)6-4-11/h3-6,13,15,17H,7-10H2,1-2H3. The van der Waals surface area contributed by atoms with Crippen LogP contribution in [0.5, 0.6) is 0 Å². The lowest BCUT2D eigenvalue weighted by Gasteiger charge is -2.21. The average molecular weight is 257 g/mol. The van der Waals surface area contributed by atoms with E-state index in [0.29, 0.717) is 6.04 Å². The van der Waals surface area contributed by atoms with Crippen LogP contribution in [-0.2, 0) is 0 Å². The summed E-state index contributed by atoms with van der Waals surface area (Å²) >= 11 is 5.87. The summed E-state index contributed by atoms with van der Waals surface area (Å²) in [5.74, 6) is 0. The van der Waals surface area contributed by atoms with E-state index in [1.54, 1.807) is 0 Å². The molecule has 0 radical (unpaired) electrons. The number of hydrogen-bond acceptors (Lipinski definition) is 3. The van der Waals surface area contributed by atoms with Crippen molar-refractivity contribution in [1.29, 1.82) is 0 Å². The molecule has 0 spiro atoms. The maximum absolute atomic E-state index is 8.83. The first-order chi connectivity index (χ1) is 8.17. The highest BCUT2D eigenvalue weighted by molar-refractivity contribution is 6.30. The number of nitrogens with zero attached hydrogens (tertiary/aromatic N) is 1. The van der Waals surface area contributed by atoms with Crippen LogP contribution >= 0.6 is 11.6 Å². The molecule has 0 amide bonds. The van der Waals surface area contributed by atoms with Gasteiger partial charge >= 0.3 is 0 Å². The molecule has 3 nitrogen and oxygen atoms in total. The number of halogens is 1. The van der Waals surface area contributed by atoms with Gasteiger partial charge in [-0.15, -0.1) is 0 Å². The molecule has 0 aliphatic carbocycles. The normalized spacial score (nSPS) is 13.0. The summed E-state index contributed by atoms with van der Waals surface area (Å²) in [6.45, 7) is 1.88. The Kier molecular flexibility index (Phi) is 6.52. The van der Waals surface area contributed by atoms with Crippen LogP contribution in [0, 0.1) is 0 Å². The van der Waals surface area contributed by atoms with Crippen LogP contribution in [-0.4, -0.2) is 43.8 Å². The van der Waals surface area contributed by atoms with Gasteiger partial charge in [-0.1, -0.05) is 23.7 Å². The summed E-state index contributed by atoms with van der Waals surface area (Å²) in [4.78, 5) is 2.13. The monoisotopic (exact) mass is 256 g/mol. The molecule has 0 heterocycles. The second kappa shape index (κ2) is 7.67. The molecule has 1 aromatic rings. The number of benzene rings is 1. The van der Waals surface area contributed by atoms with E-state index in [1.165, 1.54) is 5.56 Å². The van der Waals surface area contributed by atoms with Gasteiger partial charge < -0.3 is 15.3 Å². The molecule has 1 atom stereocenters. The van der Waals surface area contributed by atoms with E-state index in [-0.39, 0.29) is 6.61 Å². The Morgan fingerprint density at radius 2 is 1.94 bits per heavy atom. The SMILES string of the molecule is CNC(CCN(C)CCO)c1ccc(Cl)cc1. The van der Waals surface area contributed by atoms with Crippen molar-refractivity contribution < 1.29 is 5.11 Å². The molecular weight excluding hydrogens is 236 g/mol. The summed E-state index contributed by atoms with van der Waals surface area (Å²) in [6.07, 6.45) is 1.01. The van der Waals surface area contributed by atoms with Crippen LogP contribution < -0.4 is 5.32 Å². The zero-order valence-electron chi connectivity index (χ0n) is 10.5. The number of aliphatic hydroxyl groups is 1. The lowest BCUT2D eigenvalue weighted by Crippen LogP contribution is -2.27. The second-order valence-corrected chi connectivity index (χ2v) is 4.64. The summed E-state index contributed by atoms with van der Waals surface area (Å²) in [5.41, 5.74) is 1.24. The molecule has 0 aromatic heterocycles. The minimum atomic E-state index is 0.210. The van der Waals surface area contributed by atoms with Gasteiger partial charge in [0.25, 0.3) is 0 Å². The molecule has 0 fully saturated rings. The van der Waals surface area contributed by atoms with Gasteiger partial charge in [0, 0.05) is 17.6 Å². The number of aliphatic hydroxyl groups excluding tert-OH is 1. The maximum atomic E-state index is 8.83. The van der Waals surface area contributed by atoms with Crippen LogP contribution in [0.15, 0.2) is 24.3 Å². The Balaban J connectivity index is 2.51. The molecule has 1 aromatic carbocycles. The van der Waals surface area contributed by atoms with Gasteiger partial charge in [0.2, 0.25) is 0 Å². The topological polar surface area (TPSA) is 35.5 Å². The van der Waals surface area contributed by atoms with Crippen molar-refractivity contribution in [3.63, 3.8) is 0 Å². The zero-order chi connectivity index (χ0) is 12.7. The zero-order valence-corrected chi connectivity index (χ0v) is 11.2.